The van der Waals surface area contributed by atoms with Gasteiger partial charge in [0.15, 0.2) is 9.84 Å². The predicted octanol–water partition coefficient (Wildman–Crippen LogP) is 1.74. The van der Waals surface area contributed by atoms with Crippen molar-refractivity contribution in [1.82, 2.24) is 0 Å². The number of hydrogen-bond acceptors (Lipinski definition) is 6. The first-order valence-corrected chi connectivity index (χ1v) is 10.5. The van der Waals surface area contributed by atoms with Gasteiger partial charge in [-0.15, -0.1) is 0 Å². The molecule has 2 aromatic carbocycles. The fourth-order valence-electron chi connectivity index (χ4n) is 2.73. The van der Waals surface area contributed by atoms with Gasteiger partial charge >= 0.3 is 5.97 Å². The summed E-state index contributed by atoms with van der Waals surface area (Å²) in [6, 6.07) is 11.8. The summed E-state index contributed by atoms with van der Waals surface area (Å²) in [6.45, 7) is 0. The van der Waals surface area contributed by atoms with E-state index in [0.717, 1.165) is 0 Å². The van der Waals surface area contributed by atoms with Crippen LogP contribution >= 0.6 is 0 Å². The second kappa shape index (κ2) is 6.16. The summed E-state index contributed by atoms with van der Waals surface area (Å²) in [5.74, 6) is -1.12. The van der Waals surface area contributed by atoms with Crippen molar-refractivity contribution >= 4 is 31.5 Å². The average Bonchev–Trinajstić information content (AvgIpc) is 2.87. The molecule has 132 valence electrons. The number of rotatable bonds is 4. The van der Waals surface area contributed by atoms with E-state index in [1.807, 2.05) is 0 Å². The number of anilines is 1. The number of ether oxygens (including phenoxy) is 1. The molecule has 9 heteroatoms. The van der Waals surface area contributed by atoms with Crippen molar-refractivity contribution < 1.29 is 26.4 Å². The van der Waals surface area contributed by atoms with E-state index < -0.39 is 36.8 Å². The Labute approximate surface area is 145 Å². The Kier molecular flexibility index (Phi) is 4.29. The molecule has 1 aliphatic heterocycles. The molecule has 3 rings (SSSR count). The van der Waals surface area contributed by atoms with Crippen molar-refractivity contribution in [3.05, 3.63) is 59.7 Å². The summed E-state index contributed by atoms with van der Waals surface area (Å²) in [5, 5.41) is -1.21. The van der Waals surface area contributed by atoms with Crippen molar-refractivity contribution in [3.8, 4) is 0 Å². The largest absolute Gasteiger partial charge is 0.465 e. The first-order chi connectivity index (χ1) is 11.7. The summed E-state index contributed by atoms with van der Waals surface area (Å²) in [4.78, 5) is 11.6. The normalized spacial score (nSPS) is 18.4. The minimum atomic E-state index is -4.03. The zero-order valence-electron chi connectivity index (χ0n) is 13.2. The maximum atomic E-state index is 12.7. The maximum Gasteiger partial charge on any atom is 0.337 e. The van der Waals surface area contributed by atoms with Crippen LogP contribution in [0.5, 0.6) is 0 Å². The lowest BCUT2D eigenvalue weighted by Gasteiger charge is -2.14. The molecule has 0 aromatic heterocycles. The maximum absolute atomic E-state index is 12.7. The van der Waals surface area contributed by atoms with Crippen molar-refractivity contribution in [2.24, 2.45) is 0 Å². The molecule has 1 N–H and O–H groups in total. The van der Waals surface area contributed by atoms with E-state index in [-0.39, 0.29) is 21.7 Å². The summed E-state index contributed by atoms with van der Waals surface area (Å²) in [5.41, 5.74) is 0.589. The number of hydrogen-bond donors (Lipinski definition) is 1. The summed E-state index contributed by atoms with van der Waals surface area (Å²) in [7, 11) is -6.46. The number of methoxy groups -OCH3 is 1. The van der Waals surface area contributed by atoms with Gasteiger partial charge in [-0.2, -0.15) is 0 Å². The number of sulfonamides is 1. The Morgan fingerprint density at radius 3 is 2.60 bits per heavy atom. The highest BCUT2D eigenvalue weighted by molar-refractivity contribution is 7.96. The molecule has 0 radical (unpaired) electrons. The first kappa shape index (κ1) is 17.4. The van der Waals surface area contributed by atoms with Crippen LogP contribution in [0.1, 0.15) is 21.2 Å². The van der Waals surface area contributed by atoms with E-state index in [4.69, 9.17) is 0 Å². The molecule has 0 fully saturated rings. The van der Waals surface area contributed by atoms with E-state index in [2.05, 4.69) is 9.46 Å². The van der Waals surface area contributed by atoms with Gasteiger partial charge in [0.2, 0.25) is 10.0 Å². The lowest BCUT2D eigenvalue weighted by atomic mass is 10.2. The molecule has 25 heavy (non-hydrogen) atoms. The number of sulfone groups is 1. The van der Waals surface area contributed by atoms with Crippen LogP contribution in [0.25, 0.3) is 0 Å². The molecule has 7 nitrogen and oxygen atoms in total. The van der Waals surface area contributed by atoms with Crippen LogP contribution in [0.2, 0.25) is 0 Å². The molecular weight excluding hydrogens is 366 g/mol. The number of fused-ring (bicyclic) bond motifs is 1. The van der Waals surface area contributed by atoms with E-state index >= 15 is 0 Å². The van der Waals surface area contributed by atoms with Crippen LogP contribution in [0, 0.1) is 0 Å². The van der Waals surface area contributed by atoms with Crippen LogP contribution in [-0.4, -0.2) is 35.7 Å². The topological polar surface area (TPSA) is 107 Å². The third kappa shape index (κ3) is 3.24. The van der Waals surface area contributed by atoms with Gasteiger partial charge in [0.05, 0.1) is 23.3 Å². The molecule has 0 aliphatic carbocycles. The summed E-state index contributed by atoms with van der Waals surface area (Å²) in [6.07, 6.45) is 0. The molecule has 1 heterocycles. The van der Waals surface area contributed by atoms with E-state index in [9.17, 15) is 21.6 Å². The van der Waals surface area contributed by atoms with Gasteiger partial charge in [0.1, 0.15) is 5.25 Å². The smallest absolute Gasteiger partial charge is 0.337 e. The standard InChI is InChI=1S/C16H15NO6S2/c1-23-16(18)11-5-4-6-12(9-11)17-25(21,22)15-10-24(19,20)14-8-3-2-7-13(14)15/h2-9,15,17H,10H2,1H3. The quantitative estimate of drug-likeness (QED) is 0.809. The molecule has 2 aromatic rings. The molecule has 1 aliphatic rings. The summed E-state index contributed by atoms with van der Waals surface area (Å²) < 4.78 is 56.8. The Morgan fingerprint density at radius 2 is 1.88 bits per heavy atom. The lowest BCUT2D eigenvalue weighted by molar-refractivity contribution is 0.0600. The first-order valence-electron chi connectivity index (χ1n) is 7.26. The molecule has 1 unspecified atom stereocenters. The fourth-order valence-corrected chi connectivity index (χ4v) is 6.81. The van der Waals surface area contributed by atoms with E-state index in [0.29, 0.717) is 0 Å². The van der Waals surface area contributed by atoms with Crippen LogP contribution in [0.3, 0.4) is 0 Å². The minimum absolute atomic E-state index is 0.0358. The van der Waals surface area contributed by atoms with Crippen LogP contribution < -0.4 is 4.72 Å². The molecule has 0 bridgehead atoms. The molecular formula is C16H15NO6S2. The Balaban J connectivity index is 1.95. The highest BCUT2D eigenvalue weighted by Gasteiger charge is 2.42. The van der Waals surface area contributed by atoms with Gasteiger partial charge < -0.3 is 4.74 Å². The van der Waals surface area contributed by atoms with Crippen LogP contribution in [-0.2, 0) is 24.6 Å². The molecule has 0 saturated carbocycles. The van der Waals surface area contributed by atoms with Crippen molar-refractivity contribution in [1.29, 1.82) is 0 Å². The van der Waals surface area contributed by atoms with Gasteiger partial charge in [-0.3, -0.25) is 4.72 Å². The number of carbonyl (C=O) groups is 1. The molecule has 0 spiro atoms. The van der Waals surface area contributed by atoms with Crippen LogP contribution in [0.4, 0.5) is 5.69 Å². The van der Waals surface area contributed by atoms with Crippen molar-refractivity contribution in [2.75, 3.05) is 17.6 Å². The highest BCUT2D eigenvalue weighted by Crippen LogP contribution is 2.38. The van der Waals surface area contributed by atoms with Crippen molar-refractivity contribution in [2.45, 2.75) is 10.1 Å². The van der Waals surface area contributed by atoms with Gasteiger partial charge in [0, 0.05) is 5.69 Å². The SMILES string of the molecule is COC(=O)c1cccc(NS(=O)(=O)C2CS(=O)(=O)c3ccccc32)c1. The number of carbonyl (C=O) groups excluding carboxylic acids is 1. The number of benzene rings is 2. The predicted molar refractivity (Wildman–Crippen MR) is 91.6 cm³/mol. The summed E-state index contributed by atoms with van der Waals surface area (Å²) >= 11 is 0. The van der Waals surface area contributed by atoms with Gasteiger partial charge in [0.25, 0.3) is 0 Å². The zero-order chi connectivity index (χ0) is 18.2. The van der Waals surface area contributed by atoms with Gasteiger partial charge in [-0.05, 0) is 29.8 Å². The van der Waals surface area contributed by atoms with Crippen molar-refractivity contribution in [3.63, 3.8) is 0 Å². The molecule has 0 amide bonds. The second-order valence-corrected chi connectivity index (χ2v) is 9.39. The zero-order valence-corrected chi connectivity index (χ0v) is 14.8. The highest BCUT2D eigenvalue weighted by atomic mass is 32.2. The Bertz CT molecular complexity index is 1040. The Hall–Kier alpha value is -2.39. The average molecular weight is 381 g/mol. The third-order valence-electron chi connectivity index (χ3n) is 3.89. The monoisotopic (exact) mass is 381 g/mol. The van der Waals surface area contributed by atoms with E-state index in [1.54, 1.807) is 12.1 Å². The van der Waals surface area contributed by atoms with Gasteiger partial charge in [-0.1, -0.05) is 24.3 Å². The van der Waals surface area contributed by atoms with E-state index in [1.165, 1.54) is 43.5 Å². The number of esters is 1. The lowest BCUT2D eigenvalue weighted by Crippen LogP contribution is -2.23. The minimum Gasteiger partial charge on any atom is -0.465 e. The van der Waals surface area contributed by atoms with Crippen LogP contribution in [0.15, 0.2) is 53.4 Å². The molecule has 1 atom stereocenters. The Morgan fingerprint density at radius 1 is 1.16 bits per heavy atom. The second-order valence-electron chi connectivity index (χ2n) is 5.53. The fraction of sp³-hybridized carbons (Fsp3) is 0.188. The third-order valence-corrected chi connectivity index (χ3v) is 7.61. The molecule has 0 saturated heterocycles. The van der Waals surface area contributed by atoms with Gasteiger partial charge in [-0.25, -0.2) is 21.6 Å². The number of nitrogens with one attached hydrogen (secondary N) is 1.